The van der Waals surface area contributed by atoms with Gasteiger partial charge in [-0.05, 0) is 55.1 Å². The van der Waals surface area contributed by atoms with Crippen LogP contribution < -0.4 is 34.4 Å². The third-order valence-electron chi connectivity index (χ3n) is 6.12. The molecule has 280 valence electrons. The Balaban J connectivity index is 0. The Morgan fingerprint density at radius 2 is 1.16 bits per heavy atom. The lowest BCUT2D eigenvalue weighted by Crippen LogP contribution is -2.32. The predicted octanol–water partition coefficient (Wildman–Crippen LogP) is -0.646. The standard InChI is InChI=1S/C11H12N2O2.C9H11NO3.C6H14N2O2.C3H7NO2S.C2H5NO2/c12-9(11(14)15)5-7-6-13-10-4-2-1-3-8(7)10;10-8(9(12)13)5-6-1-3-7(11)4-2-6;7-4-2-1-3-5(8)6(9)10;4-2(1-7)3(5)6;3-1-2(4)5/h1-4,6,9,13H,5,12H2,(H,14,15);1-4,8,11H,5,10H2,(H,12,13);5H,1-4,7-8H2,(H,9,10);2,7H,1,4H2,(H,5,6);1,3H2,(H,4,5). The average Bonchev–Trinajstić information content (AvgIpc) is 3.48. The number of aromatic amines is 1. The topological polar surface area (TPSA) is 379 Å². The second-order valence-corrected chi connectivity index (χ2v) is 10.6. The van der Waals surface area contributed by atoms with Gasteiger partial charge in [-0.2, -0.15) is 12.6 Å². The molecule has 1 aromatic heterocycles. The average molecular weight is 728 g/mol. The van der Waals surface area contributed by atoms with Crippen LogP contribution in [0.3, 0.4) is 0 Å². The van der Waals surface area contributed by atoms with Gasteiger partial charge in [-0.15, -0.1) is 0 Å². The maximum atomic E-state index is 10.6. The summed E-state index contributed by atoms with van der Waals surface area (Å²) in [5.74, 6) is -4.55. The molecule has 2 aromatic carbocycles. The van der Waals surface area contributed by atoms with Crippen LogP contribution in [-0.2, 0) is 36.8 Å². The molecule has 50 heavy (non-hydrogen) atoms. The molecule has 0 aliphatic rings. The van der Waals surface area contributed by atoms with Crippen molar-refractivity contribution in [2.24, 2.45) is 34.4 Å². The van der Waals surface area contributed by atoms with Gasteiger partial charge < -0.3 is 70.0 Å². The molecule has 0 saturated heterocycles. The first-order chi connectivity index (χ1) is 23.4. The molecule has 0 spiro atoms. The van der Waals surface area contributed by atoms with Crippen molar-refractivity contribution in [3.05, 3.63) is 65.9 Å². The van der Waals surface area contributed by atoms with E-state index in [1.165, 1.54) is 12.1 Å². The van der Waals surface area contributed by atoms with E-state index in [0.29, 0.717) is 19.4 Å². The van der Waals surface area contributed by atoms with E-state index in [1.807, 2.05) is 30.5 Å². The number of nitrogens with one attached hydrogen (secondary N) is 1. The number of aromatic hydroxyl groups is 1. The Bertz CT molecular complexity index is 1440. The summed E-state index contributed by atoms with van der Waals surface area (Å²) in [6.45, 7) is 0.326. The monoisotopic (exact) mass is 727 g/mol. The molecule has 19 N–H and O–H groups in total. The number of nitrogens with two attached hydrogens (primary N) is 6. The molecule has 0 aliphatic carbocycles. The molecule has 0 radical (unpaired) electrons. The molecule has 0 bridgehead atoms. The van der Waals surface area contributed by atoms with Crippen LogP contribution in [0, 0.1) is 0 Å². The highest BCUT2D eigenvalue weighted by Crippen LogP contribution is 2.18. The first-order valence-electron chi connectivity index (χ1n) is 14.9. The zero-order chi connectivity index (χ0) is 38.8. The van der Waals surface area contributed by atoms with Crippen LogP contribution in [0.5, 0.6) is 5.75 Å². The molecule has 4 unspecified atom stereocenters. The van der Waals surface area contributed by atoms with E-state index >= 15 is 0 Å². The van der Waals surface area contributed by atoms with Gasteiger partial charge in [0.25, 0.3) is 0 Å². The van der Waals surface area contributed by atoms with Crippen LogP contribution in [0.1, 0.15) is 30.4 Å². The fourth-order valence-electron chi connectivity index (χ4n) is 3.31. The molecule has 18 nitrogen and oxygen atoms in total. The minimum absolute atomic E-state index is 0.160. The molecule has 3 rings (SSSR count). The SMILES string of the molecule is NC(CS)C(=O)O.NC(Cc1c[nH]c2ccccc12)C(=O)O.NC(Cc1ccc(O)cc1)C(=O)O.NCC(=O)O.NCCCCC(N)C(=O)O. The minimum Gasteiger partial charge on any atom is -0.508 e. The van der Waals surface area contributed by atoms with Gasteiger partial charge >= 0.3 is 29.8 Å². The van der Waals surface area contributed by atoms with Crippen LogP contribution in [0.4, 0.5) is 0 Å². The summed E-state index contributed by atoms with van der Waals surface area (Å²) in [5, 5.41) is 51.2. The number of rotatable bonds is 14. The van der Waals surface area contributed by atoms with E-state index in [2.05, 4.69) is 23.3 Å². The number of carbonyl (C=O) groups is 5. The Kier molecular flexibility index (Phi) is 25.7. The zero-order valence-electron chi connectivity index (χ0n) is 27.3. The number of hydrogen-bond acceptors (Lipinski definition) is 13. The smallest absolute Gasteiger partial charge is 0.321 e. The third-order valence-corrected chi connectivity index (χ3v) is 6.51. The minimum atomic E-state index is -1.02. The van der Waals surface area contributed by atoms with Gasteiger partial charge in [0.05, 0.1) is 6.54 Å². The molecule has 0 amide bonds. The van der Waals surface area contributed by atoms with Gasteiger partial charge in [0.15, 0.2) is 0 Å². The molecule has 1 heterocycles. The number of hydrogen-bond donors (Lipinski definition) is 14. The normalized spacial score (nSPS) is 12.3. The number of aliphatic carboxylic acids is 5. The van der Waals surface area contributed by atoms with E-state index in [9.17, 15) is 24.0 Å². The van der Waals surface area contributed by atoms with Crippen LogP contribution in [0.2, 0.25) is 0 Å². The number of unbranched alkanes of at least 4 members (excludes halogenated alkanes) is 1. The Hall–Kier alpha value is -4.76. The van der Waals surface area contributed by atoms with Crippen molar-refractivity contribution in [2.45, 2.75) is 56.3 Å². The van der Waals surface area contributed by atoms with Gasteiger partial charge in [0.1, 0.15) is 29.9 Å². The summed E-state index contributed by atoms with van der Waals surface area (Å²) in [7, 11) is 0. The second kappa shape index (κ2) is 27.1. The highest BCUT2D eigenvalue weighted by Gasteiger charge is 2.14. The van der Waals surface area contributed by atoms with Crippen LogP contribution in [-0.4, -0.2) is 108 Å². The quantitative estimate of drug-likeness (QED) is 0.0724. The number of para-hydroxylation sites is 1. The van der Waals surface area contributed by atoms with Gasteiger partial charge in [0, 0.05) is 29.3 Å². The van der Waals surface area contributed by atoms with E-state index in [-0.39, 0.29) is 24.5 Å². The summed E-state index contributed by atoms with van der Waals surface area (Å²) in [5.41, 5.74) is 33.5. The number of thiol groups is 1. The number of aromatic nitrogens is 1. The van der Waals surface area contributed by atoms with Crippen molar-refractivity contribution in [1.82, 2.24) is 4.98 Å². The molecular weight excluding hydrogens is 678 g/mol. The second-order valence-electron chi connectivity index (χ2n) is 10.3. The highest BCUT2D eigenvalue weighted by molar-refractivity contribution is 7.80. The molecular formula is C31H49N7O11S. The van der Waals surface area contributed by atoms with Crippen molar-refractivity contribution in [3.8, 4) is 5.75 Å². The highest BCUT2D eigenvalue weighted by atomic mass is 32.1. The Labute approximate surface area is 293 Å². The number of benzene rings is 2. The van der Waals surface area contributed by atoms with Crippen LogP contribution in [0.15, 0.2) is 54.7 Å². The molecule has 0 fully saturated rings. The molecule has 4 atom stereocenters. The van der Waals surface area contributed by atoms with Gasteiger partial charge in [-0.3, -0.25) is 24.0 Å². The summed E-state index contributed by atoms with van der Waals surface area (Å²) in [6.07, 6.45) is 4.60. The van der Waals surface area contributed by atoms with Crippen molar-refractivity contribution in [1.29, 1.82) is 0 Å². The lowest BCUT2D eigenvalue weighted by atomic mass is 10.1. The first kappa shape index (κ1) is 47.4. The fourth-order valence-corrected chi connectivity index (χ4v) is 3.46. The van der Waals surface area contributed by atoms with Gasteiger partial charge in [-0.25, -0.2) is 0 Å². The maximum Gasteiger partial charge on any atom is 0.321 e. The Morgan fingerprint density at radius 1 is 0.680 bits per heavy atom. The molecule has 19 heteroatoms. The number of fused-ring (bicyclic) bond motifs is 1. The van der Waals surface area contributed by atoms with Gasteiger partial charge in [0.2, 0.25) is 0 Å². The lowest BCUT2D eigenvalue weighted by molar-refractivity contribution is -0.139. The number of carboxylic acids is 5. The first-order valence-corrected chi connectivity index (χ1v) is 15.5. The van der Waals surface area contributed by atoms with Crippen LogP contribution in [0.25, 0.3) is 10.9 Å². The van der Waals surface area contributed by atoms with Crippen molar-refractivity contribution in [2.75, 3.05) is 18.8 Å². The number of phenolic OH excluding ortho intramolecular Hbond substituents is 1. The summed E-state index contributed by atoms with van der Waals surface area (Å²) in [4.78, 5) is 53.2. The van der Waals surface area contributed by atoms with Crippen LogP contribution >= 0.6 is 12.6 Å². The summed E-state index contributed by atoms with van der Waals surface area (Å²) < 4.78 is 0. The van der Waals surface area contributed by atoms with Gasteiger partial charge in [-0.1, -0.05) is 36.8 Å². The third kappa shape index (κ3) is 22.7. The predicted molar refractivity (Wildman–Crippen MR) is 190 cm³/mol. The zero-order valence-corrected chi connectivity index (χ0v) is 28.2. The lowest BCUT2D eigenvalue weighted by Gasteiger charge is -2.05. The van der Waals surface area contributed by atoms with E-state index in [1.54, 1.807) is 12.1 Å². The molecule has 3 aromatic rings. The largest absolute Gasteiger partial charge is 0.508 e. The maximum absolute atomic E-state index is 10.6. The number of H-pyrrole nitrogens is 1. The van der Waals surface area contributed by atoms with E-state index in [0.717, 1.165) is 34.9 Å². The van der Waals surface area contributed by atoms with E-state index in [4.69, 9.17) is 59.3 Å². The summed E-state index contributed by atoms with van der Waals surface area (Å²) >= 11 is 3.65. The Morgan fingerprint density at radius 3 is 1.58 bits per heavy atom. The fraction of sp³-hybridized carbons (Fsp3) is 0.387. The summed E-state index contributed by atoms with van der Waals surface area (Å²) in [6, 6.07) is 10.8. The van der Waals surface area contributed by atoms with Crippen molar-refractivity contribution < 1.29 is 54.6 Å². The van der Waals surface area contributed by atoms with Crippen molar-refractivity contribution in [3.63, 3.8) is 0 Å². The number of phenols is 1. The van der Waals surface area contributed by atoms with Crippen molar-refractivity contribution >= 4 is 53.4 Å². The molecule has 0 saturated carbocycles. The molecule has 0 aliphatic heterocycles. The number of carboxylic acid groups (broad SMARTS) is 5. The van der Waals surface area contributed by atoms with E-state index < -0.39 is 54.0 Å².